The molecule has 19 heavy (non-hydrogen) atoms. The number of hydrogen-bond donors (Lipinski definition) is 0. The number of nitriles is 1. The number of nitrogens with zero attached hydrogens (tertiary/aromatic N) is 3. The van der Waals surface area contributed by atoms with Crippen LogP contribution in [0.2, 0.25) is 0 Å². The van der Waals surface area contributed by atoms with Gasteiger partial charge in [0.25, 0.3) is 0 Å². The average Bonchev–Trinajstić information content (AvgIpc) is 2.74. The number of aromatic nitrogens is 2. The van der Waals surface area contributed by atoms with Gasteiger partial charge in [-0.15, -0.1) is 0 Å². The van der Waals surface area contributed by atoms with E-state index >= 15 is 0 Å². The first-order valence-corrected chi connectivity index (χ1v) is 5.18. The maximum Gasteiger partial charge on any atom is 0.408 e. The summed E-state index contributed by atoms with van der Waals surface area (Å²) in [6, 6.07) is 5.52. The highest BCUT2D eigenvalue weighted by Crippen LogP contribution is 2.24. The molecule has 0 fully saturated rings. The molecule has 2 rings (SSSR count). The topological polar surface area (TPSA) is 41.6 Å². The first-order chi connectivity index (χ1) is 8.89. The summed E-state index contributed by atoms with van der Waals surface area (Å²) in [6.07, 6.45) is -2.12. The molecule has 1 aromatic carbocycles. The van der Waals surface area contributed by atoms with E-state index in [1.165, 1.54) is 12.1 Å². The molecule has 0 radical (unpaired) electrons. The lowest BCUT2D eigenvalue weighted by atomic mass is 10.1. The van der Waals surface area contributed by atoms with E-state index in [1.54, 1.807) is 6.07 Å². The number of alkyl halides is 3. The number of halogens is 4. The molecule has 0 N–H and O–H groups in total. The number of benzene rings is 1. The summed E-state index contributed by atoms with van der Waals surface area (Å²) in [5, 5.41) is 12.1. The Morgan fingerprint density at radius 3 is 2.63 bits per heavy atom. The van der Waals surface area contributed by atoms with Gasteiger partial charge in [-0.3, -0.25) is 4.68 Å². The lowest BCUT2D eigenvalue weighted by Crippen LogP contribution is -2.17. The molecule has 0 bridgehead atoms. The molecule has 7 heteroatoms. The monoisotopic (exact) mass is 269 g/mol. The van der Waals surface area contributed by atoms with Crippen LogP contribution in [0.3, 0.4) is 0 Å². The fourth-order valence-electron chi connectivity index (χ4n) is 1.59. The summed E-state index contributed by atoms with van der Waals surface area (Å²) >= 11 is 0. The van der Waals surface area contributed by atoms with Gasteiger partial charge in [-0.25, -0.2) is 4.39 Å². The second-order valence-electron chi connectivity index (χ2n) is 3.85. The van der Waals surface area contributed by atoms with Crippen LogP contribution in [-0.2, 0) is 6.54 Å². The largest absolute Gasteiger partial charge is 0.408 e. The summed E-state index contributed by atoms with van der Waals surface area (Å²) < 4.78 is 50.8. The van der Waals surface area contributed by atoms with Gasteiger partial charge in [-0.1, -0.05) is 6.07 Å². The predicted octanol–water partition coefficient (Wildman–Crippen LogP) is 3.12. The molecular formula is C12H7F4N3. The van der Waals surface area contributed by atoms with Crippen LogP contribution in [-0.4, -0.2) is 16.0 Å². The number of rotatable bonds is 2. The maximum absolute atomic E-state index is 13.7. The molecule has 2 aromatic rings. The zero-order valence-corrected chi connectivity index (χ0v) is 9.45. The van der Waals surface area contributed by atoms with Gasteiger partial charge in [0.1, 0.15) is 12.4 Å². The normalized spacial score (nSPS) is 11.3. The minimum Gasteiger partial charge on any atom is -0.263 e. The van der Waals surface area contributed by atoms with Gasteiger partial charge >= 0.3 is 6.18 Å². The third kappa shape index (κ3) is 3.10. The zero-order chi connectivity index (χ0) is 14.0. The molecule has 1 heterocycles. The molecule has 0 amide bonds. The lowest BCUT2D eigenvalue weighted by Gasteiger charge is -2.05. The van der Waals surface area contributed by atoms with Crippen molar-refractivity contribution in [3.8, 4) is 17.2 Å². The van der Waals surface area contributed by atoms with E-state index in [1.807, 2.05) is 0 Å². The van der Waals surface area contributed by atoms with Crippen molar-refractivity contribution in [3.63, 3.8) is 0 Å². The van der Waals surface area contributed by atoms with Gasteiger partial charge in [0, 0.05) is 17.3 Å². The molecule has 0 saturated carbocycles. The highest BCUT2D eigenvalue weighted by atomic mass is 19.4. The Morgan fingerprint density at radius 2 is 2.05 bits per heavy atom. The molecule has 0 spiro atoms. The second-order valence-corrected chi connectivity index (χ2v) is 3.85. The molecule has 0 aliphatic rings. The van der Waals surface area contributed by atoms with Crippen molar-refractivity contribution in [3.05, 3.63) is 42.0 Å². The Bertz CT molecular complexity index is 637. The standard InChI is InChI=1S/C12H7F4N3/c13-11-3-8(4-17)1-2-10(11)9-5-18-19(6-9)7-12(14,15)16/h1-3,5-6H,7H2. The van der Waals surface area contributed by atoms with Gasteiger partial charge in [-0.05, 0) is 12.1 Å². The van der Waals surface area contributed by atoms with Crippen LogP contribution in [0.5, 0.6) is 0 Å². The molecule has 0 aliphatic carbocycles. The SMILES string of the molecule is N#Cc1ccc(-c2cnn(CC(F)(F)F)c2)c(F)c1. The summed E-state index contributed by atoms with van der Waals surface area (Å²) in [6.45, 7) is -1.23. The van der Waals surface area contributed by atoms with Gasteiger partial charge < -0.3 is 0 Å². The van der Waals surface area contributed by atoms with Crippen molar-refractivity contribution in [1.82, 2.24) is 9.78 Å². The van der Waals surface area contributed by atoms with Crippen LogP contribution in [0, 0.1) is 17.1 Å². The van der Waals surface area contributed by atoms with E-state index < -0.39 is 18.5 Å². The van der Waals surface area contributed by atoms with E-state index in [0.717, 1.165) is 18.5 Å². The Hall–Kier alpha value is -2.36. The lowest BCUT2D eigenvalue weighted by molar-refractivity contribution is -0.142. The molecule has 0 atom stereocenters. The maximum atomic E-state index is 13.7. The molecule has 98 valence electrons. The van der Waals surface area contributed by atoms with Crippen LogP contribution in [0.15, 0.2) is 30.6 Å². The minimum absolute atomic E-state index is 0.104. The van der Waals surface area contributed by atoms with E-state index in [2.05, 4.69) is 5.10 Å². The molecule has 0 aliphatic heterocycles. The van der Waals surface area contributed by atoms with Crippen LogP contribution in [0.1, 0.15) is 5.56 Å². The smallest absolute Gasteiger partial charge is 0.263 e. The highest BCUT2D eigenvalue weighted by Gasteiger charge is 2.28. The van der Waals surface area contributed by atoms with Crippen molar-refractivity contribution in [2.45, 2.75) is 12.7 Å². The Morgan fingerprint density at radius 1 is 1.32 bits per heavy atom. The Labute approximate surface area is 105 Å². The summed E-state index contributed by atoms with van der Waals surface area (Å²) in [5.74, 6) is -0.675. The quantitative estimate of drug-likeness (QED) is 0.786. The average molecular weight is 269 g/mol. The van der Waals surface area contributed by atoms with Crippen LogP contribution < -0.4 is 0 Å². The highest BCUT2D eigenvalue weighted by molar-refractivity contribution is 5.63. The van der Waals surface area contributed by atoms with E-state index in [9.17, 15) is 17.6 Å². The van der Waals surface area contributed by atoms with Crippen molar-refractivity contribution in [2.75, 3.05) is 0 Å². The fourth-order valence-corrected chi connectivity index (χ4v) is 1.59. The number of hydrogen-bond acceptors (Lipinski definition) is 2. The Balaban J connectivity index is 2.31. The van der Waals surface area contributed by atoms with Gasteiger partial charge in [-0.2, -0.15) is 23.5 Å². The molecule has 1 aromatic heterocycles. The third-order valence-corrected chi connectivity index (χ3v) is 2.38. The van der Waals surface area contributed by atoms with Crippen molar-refractivity contribution < 1.29 is 17.6 Å². The Kier molecular flexibility index (Phi) is 3.25. The molecule has 0 saturated heterocycles. The van der Waals surface area contributed by atoms with Crippen molar-refractivity contribution in [1.29, 1.82) is 5.26 Å². The second kappa shape index (κ2) is 4.72. The minimum atomic E-state index is -4.38. The van der Waals surface area contributed by atoms with Crippen LogP contribution in [0.25, 0.3) is 11.1 Å². The van der Waals surface area contributed by atoms with Gasteiger partial charge in [0.15, 0.2) is 0 Å². The van der Waals surface area contributed by atoms with Crippen molar-refractivity contribution in [2.24, 2.45) is 0 Å². The van der Waals surface area contributed by atoms with Crippen LogP contribution in [0.4, 0.5) is 17.6 Å². The van der Waals surface area contributed by atoms with E-state index in [4.69, 9.17) is 5.26 Å². The van der Waals surface area contributed by atoms with E-state index in [0.29, 0.717) is 4.68 Å². The zero-order valence-electron chi connectivity index (χ0n) is 9.45. The fraction of sp³-hybridized carbons (Fsp3) is 0.167. The molecule has 0 unspecified atom stereocenters. The third-order valence-electron chi connectivity index (χ3n) is 2.38. The molecule has 3 nitrogen and oxygen atoms in total. The summed E-state index contributed by atoms with van der Waals surface area (Å²) in [4.78, 5) is 0. The van der Waals surface area contributed by atoms with Crippen LogP contribution >= 0.6 is 0 Å². The van der Waals surface area contributed by atoms with Gasteiger partial charge in [0.05, 0.1) is 17.8 Å². The summed E-state index contributed by atoms with van der Waals surface area (Å²) in [7, 11) is 0. The van der Waals surface area contributed by atoms with E-state index in [-0.39, 0.29) is 16.7 Å². The first kappa shape index (κ1) is 13.1. The van der Waals surface area contributed by atoms with Gasteiger partial charge in [0.2, 0.25) is 0 Å². The molecular weight excluding hydrogens is 262 g/mol. The predicted molar refractivity (Wildman–Crippen MR) is 58.4 cm³/mol. The summed E-state index contributed by atoms with van der Waals surface area (Å²) in [5.41, 5.74) is 0.475. The first-order valence-electron chi connectivity index (χ1n) is 5.18. The van der Waals surface area contributed by atoms with Crippen molar-refractivity contribution >= 4 is 0 Å².